The van der Waals surface area contributed by atoms with Crippen LogP contribution in [0, 0.1) is 11.7 Å². The van der Waals surface area contributed by atoms with Gasteiger partial charge in [0, 0.05) is 67.4 Å². The third-order valence-corrected chi connectivity index (χ3v) is 9.99. The van der Waals surface area contributed by atoms with E-state index in [1.54, 1.807) is 18.3 Å². The number of ether oxygens (including phenoxy) is 2. The number of pyridine rings is 1. The van der Waals surface area contributed by atoms with E-state index in [0.717, 1.165) is 19.4 Å². The Labute approximate surface area is 265 Å². The van der Waals surface area contributed by atoms with Crippen LogP contribution in [0.4, 0.5) is 20.3 Å². The van der Waals surface area contributed by atoms with Gasteiger partial charge in [0.25, 0.3) is 0 Å². The van der Waals surface area contributed by atoms with Gasteiger partial charge < -0.3 is 25.4 Å². The van der Waals surface area contributed by atoms with E-state index in [2.05, 4.69) is 20.2 Å². The molecule has 1 unspecified atom stereocenters. The van der Waals surface area contributed by atoms with Gasteiger partial charge in [0.05, 0.1) is 24.1 Å². The van der Waals surface area contributed by atoms with Gasteiger partial charge in [0.15, 0.2) is 5.82 Å². The minimum absolute atomic E-state index is 0.0180. The van der Waals surface area contributed by atoms with Gasteiger partial charge in [-0.2, -0.15) is 9.97 Å². The Balaban J connectivity index is 1.35. The smallest absolute Gasteiger partial charge is 0.319 e. The molecule has 3 aromatic rings. The first-order chi connectivity index (χ1) is 21.8. The highest BCUT2D eigenvalue weighted by Crippen LogP contribution is 2.41. The number of nitrogens with zero attached hydrogens (tertiary/aromatic N) is 5. The molecule has 0 saturated carbocycles. The van der Waals surface area contributed by atoms with Crippen molar-refractivity contribution >= 4 is 39.9 Å². The van der Waals surface area contributed by atoms with Gasteiger partial charge in [-0.05, 0) is 56.3 Å². The van der Waals surface area contributed by atoms with Crippen molar-refractivity contribution in [3.63, 3.8) is 0 Å². The van der Waals surface area contributed by atoms with Crippen LogP contribution in [0.1, 0.15) is 44.1 Å². The van der Waals surface area contributed by atoms with Gasteiger partial charge in [-0.25, -0.2) is 8.78 Å². The molecule has 1 amide bonds. The number of amides is 1. The van der Waals surface area contributed by atoms with E-state index in [1.807, 2.05) is 4.90 Å². The van der Waals surface area contributed by atoms with Crippen LogP contribution in [0.3, 0.4) is 0 Å². The second-order valence-corrected chi connectivity index (χ2v) is 13.2. The largest absolute Gasteiger partial charge is 0.461 e. The van der Waals surface area contributed by atoms with Crippen LogP contribution in [0.2, 0.25) is 5.02 Å². The van der Waals surface area contributed by atoms with Crippen molar-refractivity contribution in [3.05, 3.63) is 34.7 Å². The zero-order chi connectivity index (χ0) is 31.1. The second-order valence-electron chi connectivity index (χ2n) is 12.8. The number of carbonyl (C=O) groups excluding carboxylic acids is 1. The maximum atomic E-state index is 16.8. The zero-order valence-electron chi connectivity index (χ0n) is 25.2. The molecule has 7 heterocycles. The van der Waals surface area contributed by atoms with Crippen molar-refractivity contribution < 1.29 is 23.0 Å². The number of carbonyl (C=O) groups is 1. The van der Waals surface area contributed by atoms with Gasteiger partial charge in [-0.1, -0.05) is 11.6 Å². The molecule has 1 aromatic carbocycles. The third kappa shape index (κ3) is 5.99. The summed E-state index contributed by atoms with van der Waals surface area (Å²) in [6.45, 7) is 3.79. The molecule has 45 heavy (non-hydrogen) atoms. The van der Waals surface area contributed by atoms with Crippen molar-refractivity contribution in [3.8, 4) is 17.3 Å². The quantitative estimate of drug-likeness (QED) is 0.403. The molecule has 13 heteroatoms. The first kappa shape index (κ1) is 30.3. The summed E-state index contributed by atoms with van der Waals surface area (Å²) in [4.78, 5) is 30.9. The highest BCUT2D eigenvalue weighted by atomic mass is 35.5. The van der Waals surface area contributed by atoms with Crippen LogP contribution >= 0.6 is 11.6 Å². The lowest BCUT2D eigenvalue weighted by Gasteiger charge is -2.31. The molecule has 0 spiro atoms. The summed E-state index contributed by atoms with van der Waals surface area (Å²) in [6, 6.07) is 3.35. The van der Waals surface area contributed by atoms with Crippen molar-refractivity contribution in [2.45, 2.75) is 56.7 Å². The standard InChI is InChI=1S/C32H38ClF2N7O3/c33-25-11-21(36)10-23-22(25)4-1-2-5-26(43)37-13-19-15-41(8-9-44-17-19)30-24-14-38-28(23)27(35)29(24)39-31(40-30)45-18-32-6-3-7-42(32)16-20(34)12-32/h10-11,14,19-20H,1-9,12-13,15-18,36H2,(H,37,43)/t19?,20-,32+/m1/s1. The lowest BCUT2D eigenvalue weighted by molar-refractivity contribution is -0.121. The normalized spacial score (nSPS) is 26.0. The topological polar surface area (TPSA) is 119 Å². The van der Waals surface area contributed by atoms with Crippen LogP contribution in [0.15, 0.2) is 18.3 Å². The molecule has 3 N–H and O–H groups in total. The number of hydrogen-bond acceptors (Lipinski definition) is 9. The Bertz CT molecular complexity index is 1610. The fourth-order valence-electron chi connectivity index (χ4n) is 7.42. The minimum Gasteiger partial charge on any atom is -0.461 e. The van der Waals surface area contributed by atoms with Crippen LogP contribution in [-0.2, 0) is 16.0 Å². The molecule has 10 nitrogen and oxygen atoms in total. The van der Waals surface area contributed by atoms with E-state index < -0.39 is 17.5 Å². The molecule has 6 bridgehead atoms. The fraction of sp³-hybridized carbons (Fsp3) is 0.562. The van der Waals surface area contributed by atoms with Crippen molar-refractivity contribution in [1.82, 2.24) is 25.2 Å². The van der Waals surface area contributed by atoms with Crippen LogP contribution in [0.25, 0.3) is 22.2 Å². The first-order valence-corrected chi connectivity index (χ1v) is 16.2. The first-order valence-electron chi connectivity index (χ1n) is 15.9. The summed E-state index contributed by atoms with van der Waals surface area (Å²) >= 11 is 6.66. The number of nitrogens with two attached hydrogens (primary N) is 1. The summed E-state index contributed by atoms with van der Waals surface area (Å²) < 4.78 is 43.4. The molecule has 0 radical (unpaired) electrons. The number of halogens is 3. The number of nitrogen functional groups attached to an aromatic ring is 1. The molecule has 2 aromatic heterocycles. The molecule has 5 aliphatic heterocycles. The predicted molar refractivity (Wildman–Crippen MR) is 168 cm³/mol. The maximum Gasteiger partial charge on any atom is 0.319 e. The Morgan fingerprint density at radius 3 is 2.93 bits per heavy atom. The summed E-state index contributed by atoms with van der Waals surface area (Å²) in [5, 5.41) is 3.91. The Hall–Kier alpha value is -3.35. The number of anilines is 2. The van der Waals surface area contributed by atoms with Gasteiger partial charge in [0.2, 0.25) is 5.91 Å². The van der Waals surface area contributed by atoms with Gasteiger partial charge >= 0.3 is 6.01 Å². The molecule has 5 aliphatic rings. The number of hydrogen-bond donors (Lipinski definition) is 2. The molecular formula is C32H38ClF2N7O3. The summed E-state index contributed by atoms with van der Waals surface area (Å²) in [7, 11) is 0. The molecule has 0 aliphatic carbocycles. The number of fused-ring (bicyclic) bond motifs is 8. The van der Waals surface area contributed by atoms with Crippen LogP contribution in [0.5, 0.6) is 6.01 Å². The van der Waals surface area contributed by atoms with E-state index in [-0.39, 0.29) is 35.7 Å². The van der Waals surface area contributed by atoms with Gasteiger partial charge in [-0.15, -0.1) is 0 Å². The third-order valence-electron chi connectivity index (χ3n) is 9.65. The van der Waals surface area contributed by atoms with Crippen molar-refractivity contribution in [2.24, 2.45) is 5.92 Å². The Kier molecular flexibility index (Phi) is 8.39. The van der Waals surface area contributed by atoms with Gasteiger partial charge in [0.1, 0.15) is 29.8 Å². The molecule has 240 valence electrons. The van der Waals surface area contributed by atoms with Crippen LogP contribution < -0.4 is 20.7 Å². The SMILES string of the molecule is Nc1cc(Cl)c2c(c1)-c1ncc3c(nc(OC[C@@]45CCCN4C[C@H](F)C5)nc3c1F)N1CCOCC(CNC(=O)CCCC2)C1. The second kappa shape index (κ2) is 12.4. The summed E-state index contributed by atoms with van der Waals surface area (Å²) in [6.07, 6.45) is 5.08. The number of rotatable bonds is 3. The van der Waals surface area contributed by atoms with Crippen molar-refractivity contribution in [2.75, 3.05) is 63.2 Å². The maximum absolute atomic E-state index is 16.8. The van der Waals surface area contributed by atoms with E-state index in [0.29, 0.717) is 105 Å². The Morgan fingerprint density at radius 1 is 1.18 bits per heavy atom. The van der Waals surface area contributed by atoms with E-state index in [9.17, 15) is 9.18 Å². The van der Waals surface area contributed by atoms with Crippen molar-refractivity contribution in [1.29, 1.82) is 0 Å². The molecule has 3 saturated heterocycles. The lowest BCUT2D eigenvalue weighted by Crippen LogP contribution is -2.43. The molecule has 8 rings (SSSR count). The number of aromatic nitrogens is 3. The molecule has 3 fully saturated rings. The number of benzene rings is 1. The fourth-order valence-corrected chi connectivity index (χ4v) is 7.74. The predicted octanol–water partition coefficient (Wildman–Crippen LogP) is 4.32. The van der Waals surface area contributed by atoms with E-state index in [1.165, 1.54) is 0 Å². The van der Waals surface area contributed by atoms with Crippen LogP contribution in [-0.4, -0.2) is 90.0 Å². The number of alkyl halides is 1. The molecular weight excluding hydrogens is 604 g/mol. The monoisotopic (exact) mass is 641 g/mol. The highest BCUT2D eigenvalue weighted by molar-refractivity contribution is 6.32. The minimum atomic E-state index is -0.905. The van der Waals surface area contributed by atoms with E-state index in [4.69, 9.17) is 31.8 Å². The van der Waals surface area contributed by atoms with Gasteiger partial charge in [-0.3, -0.25) is 14.7 Å². The zero-order valence-corrected chi connectivity index (χ0v) is 25.9. The average Bonchev–Trinajstić information content (AvgIpc) is 3.42. The molecule has 3 atom stereocenters. The summed E-state index contributed by atoms with van der Waals surface area (Å²) in [5.41, 5.74) is 7.49. The highest BCUT2D eigenvalue weighted by Gasteiger charge is 2.49. The van der Waals surface area contributed by atoms with E-state index >= 15 is 4.39 Å². The average molecular weight is 642 g/mol. The number of nitrogens with one attached hydrogen (secondary N) is 1. The lowest BCUT2D eigenvalue weighted by atomic mass is 9.95. The summed E-state index contributed by atoms with van der Waals surface area (Å²) in [5.74, 6) is -0.199. The Morgan fingerprint density at radius 2 is 2.04 bits per heavy atom.